The van der Waals surface area contributed by atoms with Crippen LogP contribution in [0.5, 0.6) is 11.5 Å². The Kier molecular flexibility index (Phi) is 7.61. The summed E-state index contributed by atoms with van der Waals surface area (Å²) in [5.41, 5.74) is 1.47. The van der Waals surface area contributed by atoms with Crippen LogP contribution >= 0.6 is 11.6 Å². The number of hydrogen-bond donors (Lipinski definition) is 1. The van der Waals surface area contributed by atoms with Gasteiger partial charge >= 0.3 is 0 Å². The number of hydrogen-bond acceptors (Lipinski definition) is 3. The highest BCUT2D eigenvalue weighted by molar-refractivity contribution is 6.30. The van der Waals surface area contributed by atoms with Crippen LogP contribution in [-0.4, -0.2) is 19.1 Å². The molecule has 28 heavy (non-hydrogen) atoms. The molecule has 0 atom stereocenters. The molecule has 1 fully saturated rings. The number of rotatable bonds is 6. The van der Waals surface area contributed by atoms with Crippen molar-refractivity contribution in [3.63, 3.8) is 0 Å². The molecule has 1 aliphatic carbocycles. The summed E-state index contributed by atoms with van der Waals surface area (Å²) < 4.78 is 11.3. The minimum Gasteiger partial charge on any atom is -0.496 e. The van der Waals surface area contributed by atoms with Crippen LogP contribution in [0, 0.1) is 0 Å². The van der Waals surface area contributed by atoms with Crippen molar-refractivity contribution in [1.82, 2.24) is 5.32 Å². The summed E-state index contributed by atoms with van der Waals surface area (Å²) in [6, 6.07) is 13.0. The van der Waals surface area contributed by atoms with Crippen LogP contribution in [0.25, 0.3) is 0 Å². The molecule has 1 aliphatic rings. The molecule has 0 spiro atoms. The Bertz CT molecular complexity index is 768. The van der Waals surface area contributed by atoms with E-state index < -0.39 is 0 Å². The van der Waals surface area contributed by atoms with Gasteiger partial charge in [-0.3, -0.25) is 4.79 Å². The number of carbonyl (C=O) groups is 1. The minimum absolute atomic E-state index is 0.0269. The van der Waals surface area contributed by atoms with E-state index in [1.807, 2.05) is 30.3 Å². The van der Waals surface area contributed by atoms with Gasteiger partial charge in [-0.05, 0) is 55.3 Å². The number of nitrogens with one attached hydrogen (secondary N) is 1. The number of amides is 1. The molecule has 1 N–H and O–H groups in total. The third kappa shape index (κ3) is 5.90. The summed E-state index contributed by atoms with van der Waals surface area (Å²) in [4.78, 5) is 12.8. The third-order valence-corrected chi connectivity index (χ3v) is 5.44. The Balaban J connectivity index is 1.66. The minimum atomic E-state index is -0.0269. The van der Waals surface area contributed by atoms with Gasteiger partial charge in [0.25, 0.3) is 5.91 Å². The zero-order valence-corrected chi connectivity index (χ0v) is 17.1. The fourth-order valence-corrected chi connectivity index (χ4v) is 3.72. The van der Waals surface area contributed by atoms with E-state index in [1.54, 1.807) is 19.2 Å². The zero-order chi connectivity index (χ0) is 19.8. The first-order valence-electron chi connectivity index (χ1n) is 10.0. The molecule has 0 saturated heterocycles. The van der Waals surface area contributed by atoms with E-state index in [-0.39, 0.29) is 11.9 Å². The summed E-state index contributed by atoms with van der Waals surface area (Å²) in [5, 5.41) is 3.88. The van der Waals surface area contributed by atoms with Gasteiger partial charge in [0.2, 0.25) is 0 Å². The van der Waals surface area contributed by atoms with Gasteiger partial charge in [-0.1, -0.05) is 43.7 Å². The Hall–Kier alpha value is -2.20. The van der Waals surface area contributed by atoms with Crippen molar-refractivity contribution in [3.05, 3.63) is 58.6 Å². The summed E-state index contributed by atoms with van der Waals surface area (Å²) in [7, 11) is 1.62. The molecule has 150 valence electrons. The lowest BCUT2D eigenvalue weighted by molar-refractivity contribution is 0.0930. The van der Waals surface area contributed by atoms with Crippen LogP contribution in [0.15, 0.2) is 42.5 Å². The number of carbonyl (C=O) groups excluding carboxylic acids is 1. The molecule has 3 rings (SSSR count). The first-order chi connectivity index (χ1) is 13.7. The molecule has 0 heterocycles. The Morgan fingerprint density at radius 3 is 2.39 bits per heavy atom. The summed E-state index contributed by atoms with van der Waals surface area (Å²) in [5.74, 6) is 1.40. The topological polar surface area (TPSA) is 47.6 Å². The molecule has 2 aromatic carbocycles. The van der Waals surface area contributed by atoms with Crippen molar-refractivity contribution in [2.24, 2.45) is 0 Å². The number of methoxy groups -OCH3 is 1. The van der Waals surface area contributed by atoms with Gasteiger partial charge in [0.1, 0.15) is 18.1 Å². The second-order valence-corrected chi connectivity index (χ2v) is 7.72. The quantitative estimate of drug-likeness (QED) is 0.668. The number of halogens is 1. The fraction of sp³-hybridized carbons (Fsp3) is 0.435. The van der Waals surface area contributed by atoms with E-state index in [2.05, 4.69) is 5.32 Å². The highest BCUT2D eigenvalue weighted by atomic mass is 35.5. The van der Waals surface area contributed by atoms with Gasteiger partial charge in [-0.2, -0.15) is 0 Å². The molecule has 0 unspecified atom stereocenters. The van der Waals surface area contributed by atoms with E-state index in [4.69, 9.17) is 21.1 Å². The second kappa shape index (κ2) is 10.4. The van der Waals surface area contributed by atoms with E-state index in [1.165, 1.54) is 32.1 Å². The van der Waals surface area contributed by atoms with E-state index in [9.17, 15) is 4.79 Å². The van der Waals surface area contributed by atoms with E-state index in [0.717, 1.165) is 24.2 Å². The van der Waals surface area contributed by atoms with E-state index >= 15 is 0 Å². The van der Waals surface area contributed by atoms with Crippen molar-refractivity contribution in [1.29, 1.82) is 0 Å². The molecule has 0 bridgehead atoms. The van der Waals surface area contributed by atoms with Crippen LogP contribution in [0.4, 0.5) is 0 Å². The highest BCUT2D eigenvalue weighted by Gasteiger charge is 2.16. The van der Waals surface area contributed by atoms with Crippen molar-refractivity contribution in [3.8, 4) is 11.5 Å². The second-order valence-electron chi connectivity index (χ2n) is 7.28. The molecule has 0 radical (unpaired) electrons. The van der Waals surface area contributed by atoms with Gasteiger partial charge in [0.15, 0.2) is 0 Å². The van der Waals surface area contributed by atoms with Crippen molar-refractivity contribution >= 4 is 17.5 Å². The molecule has 5 heteroatoms. The lowest BCUT2D eigenvalue weighted by Gasteiger charge is -2.21. The van der Waals surface area contributed by atoms with E-state index in [0.29, 0.717) is 22.9 Å². The standard InChI is InChI=1S/C23H28ClNO3/c1-27-22-14-9-17(23(26)25-20-7-5-3-2-4-6-8-20)15-18(22)16-28-21-12-10-19(24)11-13-21/h9-15,20H,2-8,16H2,1H3,(H,25,26). The van der Waals surface area contributed by atoms with Crippen LogP contribution in [0.3, 0.4) is 0 Å². The predicted molar refractivity (Wildman–Crippen MR) is 112 cm³/mol. The van der Waals surface area contributed by atoms with Gasteiger partial charge in [-0.15, -0.1) is 0 Å². The summed E-state index contributed by atoms with van der Waals surface area (Å²) in [6.07, 6.45) is 8.35. The lowest BCUT2D eigenvalue weighted by Crippen LogP contribution is -2.35. The van der Waals surface area contributed by atoms with Crippen LogP contribution in [-0.2, 0) is 6.61 Å². The molecule has 1 saturated carbocycles. The third-order valence-electron chi connectivity index (χ3n) is 5.19. The summed E-state index contributed by atoms with van der Waals surface area (Å²) >= 11 is 5.91. The maximum atomic E-state index is 12.8. The first kappa shape index (κ1) is 20.5. The normalized spacial score (nSPS) is 15.4. The molecule has 4 nitrogen and oxygen atoms in total. The van der Waals surface area contributed by atoms with Gasteiger partial charge in [-0.25, -0.2) is 0 Å². The number of ether oxygens (including phenoxy) is 2. The average Bonchev–Trinajstić information content (AvgIpc) is 2.69. The molecule has 0 aromatic heterocycles. The fourth-order valence-electron chi connectivity index (χ4n) is 3.59. The van der Waals surface area contributed by atoms with Crippen molar-refractivity contribution in [2.75, 3.05) is 7.11 Å². The Morgan fingerprint density at radius 1 is 1.04 bits per heavy atom. The monoisotopic (exact) mass is 401 g/mol. The summed E-state index contributed by atoms with van der Waals surface area (Å²) in [6.45, 7) is 0.315. The van der Waals surface area contributed by atoms with Gasteiger partial charge in [0, 0.05) is 22.2 Å². The Morgan fingerprint density at radius 2 is 1.71 bits per heavy atom. The lowest BCUT2D eigenvalue weighted by atomic mass is 9.96. The molecule has 0 aliphatic heterocycles. The highest BCUT2D eigenvalue weighted by Crippen LogP contribution is 2.24. The van der Waals surface area contributed by atoms with Crippen LogP contribution in [0.1, 0.15) is 60.9 Å². The Labute approximate surface area is 172 Å². The smallest absolute Gasteiger partial charge is 0.251 e. The van der Waals surface area contributed by atoms with Crippen LogP contribution in [0.2, 0.25) is 5.02 Å². The van der Waals surface area contributed by atoms with Crippen molar-refractivity contribution < 1.29 is 14.3 Å². The molecule has 1 amide bonds. The van der Waals surface area contributed by atoms with Crippen LogP contribution < -0.4 is 14.8 Å². The van der Waals surface area contributed by atoms with Gasteiger partial charge in [0.05, 0.1) is 7.11 Å². The largest absolute Gasteiger partial charge is 0.496 e. The first-order valence-corrected chi connectivity index (χ1v) is 10.4. The zero-order valence-electron chi connectivity index (χ0n) is 16.4. The maximum absolute atomic E-state index is 12.8. The predicted octanol–water partition coefficient (Wildman–Crippen LogP) is 5.77. The molecular weight excluding hydrogens is 374 g/mol. The van der Waals surface area contributed by atoms with Gasteiger partial charge < -0.3 is 14.8 Å². The molecular formula is C23H28ClNO3. The number of benzene rings is 2. The molecule has 2 aromatic rings. The average molecular weight is 402 g/mol. The van der Waals surface area contributed by atoms with Crippen molar-refractivity contribution in [2.45, 2.75) is 57.6 Å². The maximum Gasteiger partial charge on any atom is 0.251 e. The SMILES string of the molecule is COc1ccc(C(=O)NC2CCCCCCC2)cc1COc1ccc(Cl)cc1.